The maximum atomic E-state index is 13.7. The van der Waals surface area contributed by atoms with Crippen molar-refractivity contribution in [2.45, 2.75) is 25.9 Å². The molecule has 0 aliphatic rings. The number of aliphatic hydroxyl groups is 1. The minimum absolute atomic E-state index is 0.0554. The van der Waals surface area contributed by atoms with Crippen molar-refractivity contribution in [1.29, 1.82) is 5.26 Å². The zero-order valence-corrected chi connectivity index (χ0v) is 13.9. The van der Waals surface area contributed by atoms with Gasteiger partial charge in [0, 0.05) is 12.1 Å². The van der Waals surface area contributed by atoms with Gasteiger partial charge in [-0.15, -0.1) is 0 Å². The molecule has 0 bridgehead atoms. The molecule has 0 aromatic heterocycles. The van der Waals surface area contributed by atoms with Crippen molar-refractivity contribution < 1.29 is 14.3 Å². The number of nitrogens with zero attached hydrogens (tertiary/aromatic N) is 1. The molecule has 0 saturated heterocycles. The molecular weight excluding hydrogens is 321 g/mol. The lowest BCUT2D eigenvalue weighted by Gasteiger charge is -2.18. The second-order valence-electron chi connectivity index (χ2n) is 5.58. The van der Waals surface area contributed by atoms with Crippen LogP contribution in [0, 0.1) is 17.1 Å². The standard InChI is InChI=1S/C19H20FN3O2/c1-2-13-3-6-15(7-4-13)18(12-24)23-19(25)22-11-16-9-14(10-21)5-8-17(16)20/h3-9,18,24H,2,11-12H2,1H3,(H2,22,23,25). The Kier molecular flexibility index (Phi) is 6.49. The van der Waals surface area contributed by atoms with Crippen molar-refractivity contribution in [2.75, 3.05) is 6.61 Å². The number of halogens is 1. The lowest BCUT2D eigenvalue weighted by Crippen LogP contribution is -2.39. The van der Waals surface area contributed by atoms with Crippen LogP contribution in [-0.2, 0) is 13.0 Å². The van der Waals surface area contributed by atoms with Crippen LogP contribution in [0.1, 0.15) is 35.2 Å². The molecule has 2 amide bonds. The number of amides is 2. The Morgan fingerprint density at radius 2 is 2.00 bits per heavy atom. The van der Waals surface area contributed by atoms with Crippen molar-refractivity contribution in [3.8, 4) is 6.07 Å². The number of carbonyl (C=O) groups excluding carboxylic acids is 1. The summed E-state index contributed by atoms with van der Waals surface area (Å²) in [6.07, 6.45) is 0.908. The van der Waals surface area contributed by atoms with Crippen LogP contribution in [0.3, 0.4) is 0 Å². The molecule has 3 N–H and O–H groups in total. The molecule has 0 radical (unpaired) electrons. The topological polar surface area (TPSA) is 85.2 Å². The van der Waals surface area contributed by atoms with E-state index < -0.39 is 17.9 Å². The number of carbonyl (C=O) groups is 1. The summed E-state index contributed by atoms with van der Waals surface area (Å²) in [6, 6.07) is 12.4. The molecule has 0 fully saturated rings. The van der Waals surface area contributed by atoms with Crippen LogP contribution in [-0.4, -0.2) is 17.7 Å². The van der Waals surface area contributed by atoms with Crippen LogP contribution in [0.2, 0.25) is 0 Å². The Bertz CT molecular complexity index is 769. The van der Waals surface area contributed by atoms with Gasteiger partial charge in [-0.05, 0) is 35.7 Å². The monoisotopic (exact) mass is 341 g/mol. The Labute approximate surface area is 146 Å². The van der Waals surface area contributed by atoms with E-state index in [0.29, 0.717) is 5.56 Å². The third kappa shape index (κ3) is 5.03. The summed E-state index contributed by atoms with van der Waals surface area (Å²) < 4.78 is 13.7. The van der Waals surface area contributed by atoms with Crippen LogP contribution < -0.4 is 10.6 Å². The number of rotatable bonds is 6. The number of benzene rings is 2. The van der Waals surface area contributed by atoms with Crippen molar-refractivity contribution in [3.05, 3.63) is 70.5 Å². The molecule has 130 valence electrons. The minimum Gasteiger partial charge on any atom is -0.394 e. The first-order valence-corrected chi connectivity index (χ1v) is 8.00. The fourth-order valence-electron chi connectivity index (χ4n) is 2.38. The first kappa shape index (κ1) is 18.4. The van der Waals surface area contributed by atoms with Crippen molar-refractivity contribution in [2.24, 2.45) is 0 Å². The summed E-state index contributed by atoms with van der Waals surface area (Å²) in [4.78, 5) is 12.0. The number of urea groups is 1. The van der Waals surface area contributed by atoms with Gasteiger partial charge in [-0.3, -0.25) is 0 Å². The molecule has 1 atom stereocenters. The summed E-state index contributed by atoms with van der Waals surface area (Å²) in [6.45, 7) is 1.74. The summed E-state index contributed by atoms with van der Waals surface area (Å²) in [7, 11) is 0. The van der Waals surface area contributed by atoms with Gasteiger partial charge in [-0.25, -0.2) is 9.18 Å². The third-order valence-electron chi connectivity index (χ3n) is 3.89. The van der Waals surface area contributed by atoms with E-state index in [2.05, 4.69) is 10.6 Å². The van der Waals surface area contributed by atoms with E-state index in [-0.39, 0.29) is 18.7 Å². The van der Waals surface area contributed by atoms with E-state index in [1.807, 2.05) is 37.3 Å². The molecular formula is C19H20FN3O2. The molecule has 25 heavy (non-hydrogen) atoms. The second-order valence-corrected chi connectivity index (χ2v) is 5.58. The van der Waals surface area contributed by atoms with E-state index in [9.17, 15) is 14.3 Å². The molecule has 1 unspecified atom stereocenters. The zero-order valence-electron chi connectivity index (χ0n) is 13.9. The lowest BCUT2D eigenvalue weighted by molar-refractivity contribution is 0.216. The average molecular weight is 341 g/mol. The van der Waals surface area contributed by atoms with Crippen molar-refractivity contribution >= 4 is 6.03 Å². The molecule has 0 heterocycles. The first-order valence-electron chi connectivity index (χ1n) is 8.00. The van der Waals surface area contributed by atoms with Gasteiger partial charge in [-0.1, -0.05) is 31.2 Å². The highest BCUT2D eigenvalue weighted by molar-refractivity contribution is 5.74. The van der Waals surface area contributed by atoms with Crippen molar-refractivity contribution in [3.63, 3.8) is 0 Å². The van der Waals surface area contributed by atoms with Gasteiger partial charge in [0.2, 0.25) is 0 Å². The Morgan fingerprint density at radius 1 is 1.28 bits per heavy atom. The number of nitrogens with one attached hydrogen (secondary N) is 2. The van der Waals surface area contributed by atoms with Gasteiger partial charge in [0.1, 0.15) is 5.82 Å². The molecule has 0 aliphatic carbocycles. The number of aryl methyl sites for hydroxylation is 1. The molecule has 0 saturated carbocycles. The SMILES string of the molecule is CCc1ccc(C(CO)NC(=O)NCc2cc(C#N)ccc2F)cc1. The van der Waals surface area contributed by atoms with E-state index in [1.165, 1.54) is 18.2 Å². The summed E-state index contributed by atoms with van der Waals surface area (Å²) in [5, 5.41) is 23.5. The van der Waals surface area contributed by atoms with E-state index in [1.54, 1.807) is 0 Å². The Hall–Kier alpha value is -2.91. The quantitative estimate of drug-likeness (QED) is 0.755. The summed E-state index contributed by atoms with van der Waals surface area (Å²) in [5.74, 6) is -0.492. The van der Waals surface area contributed by atoms with Crippen LogP contribution in [0.25, 0.3) is 0 Å². The van der Waals surface area contributed by atoms with E-state index in [0.717, 1.165) is 17.5 Å². The maximum absolute atomic E-state index is 13.7. The lowest BCUT2D eigenvalue weighted by atomic mass is 10.0. The van der Waals surface area contributed by atoms with Crippen molar-refractivity contribution in [1.82, 2.24) is 10.6 Å². The van der Waals surface area contributed by atoms with Gasteiger partial charge in [0.25, 0.3) is 0 Å². The third-order valence-corrected chi connectivity index (χ3v) is 3.89. The largest absolute Gasteiger partial charge is 0.394 e. The maximum Gasteiger partial charge on any atom is 0.315 e. The first-order chi connectivity index (χ1) is 12.1. The van der Waals surface area contributed by atoms with Crippen LogP contribution in [0.4, 0.5) is 9.18 Å². The van der Waals surface area contributed by atoms with Crippen LogP contribution in [0.15, 0.2) is 42.5 Å². The summed E-state index contributed by atoms with van der Waals surface area (Å²) in [5.41, 5.74) is 2.50. The highest BCUT2D eigenvalue weighted by Crippen LogP contribution is 2.14. The normalized spacial score (nSPS) is 11.4. The molecule has 2 aromatic rings. The van der Waals surface area contributed by atoms with E-state index >= 15 is 0 Å². The highest BCUT2D eigenvalue weighted by Gasteiger charge is 2.14. The number of hydrogen-bond donors (Lipinski definition) is 3. The second kappa shape index (κ2) is 8.81. The predicted octanol–water partition coefficient (Wildman–Crippen LogP) is 2.79. The number of nitriles is 1. The highest BCUT2D eigenvalue weighted by atomic mass is 19.1. The molecule has 2 rings (SSSR count). The zero-order chi connectivity index (χ0) is 18.2. The van der Waals surface area contributed by atoms with Crippen LogP contribution in [0.5, 0.6) is 0 Å². The van der Waals surface area contributed by atoms with Gasteiger partial charge >= 0.3 is 6.03 Å². The predicted molar refractivity (Wildman–Crippen MR) is 92.1 cm³/mol. The molecule has 6 heteroatoms. The number of hydrogen-bond acceptors (Lipinski definition) is 3. The van der Waals surface area contributed by atoms with Gasteiger partial charge in [0.15, 0.2) is 0 Å². The number of aliphatic hydroxyl groups excluding tert-OH is 1. The molecule has 0 spiro atoms. The van der Waals surface area contributed by atoms with Gasteiger partial charge in [0.05, 0.1) is 24.3 Å². The van der Waals surface area contributed by atoms with Gasteiger partial charge in [-0.2, -0.15) is 5.26 Å². The van der Waals surface area contributed by atoms with E-state index in [4.69, 9.17) is 5.26 Å². The smallest absolute Gasteiger partial charge is 0.315 e. The average Bonchev–Trinajstić information content (AvgIpc) is 2.65. The Balaban J connectivity index is 1.97. The Morgan fingerprint density at radius 3 is 2.60 bits per heavy atom. The molecule has 0 aliphatic heterocycles. The fourth-order valence-corrected chi connectivity index (χ4v) is 2.38. The fraction of sp³-hybridized carbons (Fsp3) is 0.263. The van der Waals surface area contributed by atoms with Crippen LogP contribution >= 0.6 is 0 Å². The van der Waals surface area contributed by atoms with Gasteiger partial charge < -0.3 is 15.7 Å². The summed E-state index contributed by atoms with van der Waals surface area (Å²) >= 11 is 0. The molecule has 5 nitrogen and oxygen atoms in total. The molecule has 2 aromatic carbocycles. The minimum atomic E-state index is -0.554.